The highest BCUT2D eigenvalue weighted by Crippen LogP contribution is 2.30. The summed E-state index contributed by atoms with van der Waals surface area (Å²) in [6, 6.07) is 4.62. The van der Waals surface area contributed by atoms with Gasteiger partial charge in [0.1, 0.15) is 0 Å². The smallest absolute Gasteiger partial charge is 0.382 e. The van der Waals surface area contributed by atoms with Crippen molar-refractivity contribution < 1.29 is 27.5 Å². The molecule has 0 fully saturated rings. The number of ketones is 1. The lowest BCUT2D eigenvalue weighted by Gasteiger charge is -2.10. The zero-order chi connectivity index (χ0) is 20.9. The van der Waals surface area contributed by atoms with Crippen molar-refractivity contribution in [2.24, 2.45) is 0 Å². The highest BCUT2D eigenvalue weighted by Gasteiger charge is 2.31. The van der Waals surface area contributed by atoms with E-state index in [-0.39, 0.29) is 23.5 Å². The van der Waals surface area contributed by atoms with Crippen molar-refractivity contribution >= 4 is 11.7 Å². The molecule has 0 aliphatic heterocycles. The number of halogens is 3. The number of carbonyl (C=O) groups is 2. The molecule has 2 aromatic rings. The molecule has 1 N–H and O–H groups in total. The van der Waals surface area contributed by atoms with Crippen molar-refractivity contribution in [2.45, 2.75) is 33.4 Å². The molecule has 0 bridgehead atoms. The van der Waals surface area contributed by atoms with E-state index in [0.717, 1.165) is 12.1 Å². The maximum atomic E-state index is 13.0. The van der Waals surface area contributed by atoms with Gasteiger partial charge in [0.2, 0.25) is 0 Å². The van der Waals surface area contributed by atoms with E-state index in [4.69, 9.17) is 4.74 Å². The zero-order valence-electron chi connectivity index (χ0n) is 15.9. The highest BCUT2D eigenvalue weighted by atomic mass is 19.4. The molecule has 1 heterocycles. The van der Waals surface area contributed by atoms with Crippen LogP contribution in [0.3, 0.4) is 0 Å². The van der Waals surface area contributed by atoms with E-state index in [2.05, 4.69) is 10.4 Å². The van der Waals surface area contributed by atoms with E-state index >= 15 is 0 Å². The van der Waals surface area contributed by atoms with Crippen molar-refractivity contribution in [2.75, 3.05) is 19.8 Å². The van der Waals surface area contributed by atoms with Gasteiger partial charge < -0.3 is 10.1 Å². The quantitative estimate of drug-likeness (QED) is 0.422. The summed E-state index contributed by atoms with van der Waals surface area (Å²) in [5, 5.41) is 6.67. The van der Waals surface area contributed by atoms with Crippen molar-refractivity contribution in [3.63, 3.8) is 0 Å². The van der Waals surface area contributed by atoms with E-state index in [1.54, 1.807) is 0 Å². The number of benzene rings is 1. The maximum absolute atomic E-state index is 13.0. The number of hydrogen-bond acceptors (Lipinski definition) is 4. The minimum Gasteiger partial charge on any atom is -0.382 e. The molecule has 1 aromatic heterocycles. The van der Waals surface area contributed by atoms with E-state index < -0.39 is 23.4 Å². The third kappa shape index (κ3) is 4.98. The summed E-state index contributed by atoms with van der Waals surface area (Å²) < 4.78 is 45.3. The van der Waals surface area contributed by atoms with Gasteiger partial charge >= 0.3 is 6.18 Å². The van der Waals surface area contributed by atoms with Crippen molar-refractivity contribution in [3.05, 3.63) is 46.8 Å². The Morgan fingerprint density at radius 2 is 1.96 bits per heavy atom. The molecular formula is C19H22F3N3O3. The van der Waals surface area contributed by atoms with Gasteiger partial charge in [-0.3, -0.25) is 9.59 Å². The number of aryl methyl sites for hydroxylation is 1. The van der Waals surface area contributed by atoms with Gasteiger partial charge in [-0.1, -0.05) is 6.07 Å². The molecule has 0 radical (unpaired) electrons. The molecule has 0 spiro atoms. The molecule has 0 atom stereocenters. The Bertz CT molecular complexity index is 860. The third-order valence-electron chi connectivity index (χ3n) is 4.10. The third-order valence-corrected chi connectivity index (χ3v) is 4.10. The predicted molar refractivity (Wildman–Crippen MR) is 96.5 cm³/mol. The van der Waals surface area contributed by atoms with E-state index in [1.165, 1.54) is 30.7 Å². The lowest BCUT2D eigenvalue weighted by atomic mass is 10.1. The molecule has 9 heteroatoms. The van der Waals surface area contributed by atoms with Gasteiger partial charge in [-0.2, -0.15) is 18.3 Å². The summed E-state index contributed by atoms with van der Waals surface area (Å²) in [5.74, 6) is -1.56. The van der Waals surface area contributed by atoms with Crippen LogP contribution in [0.5, 0.6) is 0 Å². The first-order valence-electron chi connectivity index (χ1n) is 8.81. The number of hydrogen-bond donors (Lipinski definition) is 1. The Morgan fingerprint density at radius 3 is 2.61 bits per heavy atom. The van der Waals surface area contributed by atoms with Crippen LogP contribution in [-0.2, 0) is 15.7 Å². The van der Waals surface area contributed by atoms with Crippen molar-refractivity contribution in [1.29, 1.82) is 0 Å². The van der Waals surface area contributed by atoms with Crippen molar-refractivity contribution in [3.8, 4) is 5.69 Å². The van der Waals surface area contributed by atoms with Gasteiger partial charge in [0.05, 0.1) is 28.2 Å². The summed E-state index contributed by atoms with van der Waals surface area (Å²) in [7, 11) is 0. The molecule has 6 nitrogen and oxygen atoms in total. The molecule has 0 aliphatic rings. The minimum absolute atomic E-state index is 0.0831. The van der Waals surface area contributed by atoms with E-state index in [9.17, 15) is 22.8 Å². The summed E-state index contributed by atoms with van der Waals surface area (Å²) in [5.41, 5.74) is -0.0144. The molecule has 152 valence electrons. The summed E-state index contributed by atoms with van der Waals surface area (Å²) >= 11 is 0. The number of nitrogens with zero attached hydrogens (tertiary/aromatic N) is 2. The van der Waals surface area contributed by atoms with Gasteiger partial charge in [0.25, 0.3) is 11.7 Å². The number of amides is 1. The molecule has 1 aromatic carbocycles. The van der Waals surface area contributed by atoms with Gasteiger partial charge in [-0.25, -0.2) is 4.68 Å². The fourth-order valence-corrected chi connectivity index (χ4v) is 2.75. The first kappa shape index (κ1) is 21.6. The Balaban J connectivity index is 2.22. The number of nitrogens with one attached hydrogen (secondary N) is 1. The van der Waals surface area contributed by atoms with Gasteiger partial charge in [-0.15, -0.1) is 0 Å². The zero-order valence-corrected chi connectivity index (χ0v) is 15.9. The maximum Gasteiger partial charge on any atom is 0.416 e. The standard InChI is InChI=1S/C19H22F3N3O3/c1-4-28-10-6-9-23-18(27)17(26)16-12(2)24-25(13(16)3)15-8-5-7-14(11-15)19(20,21)22/h5,7-8,11H,4,6,9-10H2,1-3H3,(H,23,27). The van der Waals surface area contributed by atoms with Crippen LogP contribution in [0.4, 0.5) is 13.2 Å². The molecule has 0 unspecified atom stereocenters. The summed E-state index contributed by atoms with van der Waals surface area (Å²) in [6.45, 7) is 6.25. The predicted octanol–water partition coefficient (Wildman–Crippen LogP) is 3.23. The lowest BCUT2D eigenvalue weighted by molar-refractivity contribution is -0.137. The number of ether oxygens (including phenoxy) is 1. The largest absolute Gasteiger partial charge is 0.416 e. The summed E-state index contributed by atoms with van der Waals surface area (Å²) in [6.07, 6.45) is -3.93. The van der Waals surface area contributed by atoms with Gasteiger partial charge in [0.15, 0.2) is 0 Å². The molecule has 0 saturated heterocycles. The van der Waals surface area contributed by atoms with Crippen LogP contribution in [0.15, 0.2) is 24.3 Å². The SMILES string of the molecule is CCOCCCNC(=O)C(=O)c1c(C)nn(-c2cccc(C(F)(F)F)c2)c1C. The molecule has 1 amide bonds. The summed E-state index contributed by atoms with van der Waals surface area (Å²) in [4.78, 5) is 24.6. The van der Waals surface area contributed by atoms with Crippen LogP contribution in [0.1, 0.15) is 40.7 Å². The Kier molecular flexibility index (Phi) is 6.95. The molecule has 2 rings (SSSR count). The van der Waals surface area contributed by atoms with Crippen LogP contribution in [-0.4, -0.2) is 41.2 Å². The molecular weight excluding hydrogens is 375 g/mol. The first-order valence-corrected chi connectivity index (χ1v) is 8.81. The number of alkyl halides is 3. The average Bonchev–Trinajstić information content (AvgIpc) is 2.94. The van der Waals surface area contributed by atoms with Crippen LogP contribution < -0.4 is 5.32 Å². The molecule has 0 saturated carbocycles. The topological polar surface area (TPSA) is 73.2 Å². The van der Waals surface area contributed by atoms with Crippen LogP contribution >= 0.6 is 0 Å². The van der Waals surface area contributed by atoms with E-state index in [0.29, 0.717) is 25.3 Å². The van der Waals surface area contributed by atoms with Gasteiger partial charge in [-0.05, 0) is 45.4 Å². The highest BCUT2D eigenvalue weighted by molar-refractivity contribution is 6.43. The van der Waals surface area contributed by atoms with Crippen LogP contribution in [0.2, 0.25) is 0 Å². The second kappa shape index (κ2) is 9.01. The van der Waals surface area contributed by atoms with Crippen LogP contribution in [0.25, 0.3) is 5.69 Å². The van der Waals surface area contributed by atoms with E-state index in [1.807, 2.05) is 6.92 Å². The fraction of sp³-hybridized carbons (Fsp3) is 0.421. The number of aromatic nitrogens is 2. The first-order chi connectivity index (χ1) is 13.2. The fourth-order valence-electron chi connectivity index (χ4n) is 2.75. The number of Topliss-reactive ketones (excluding diaryl/α,β-unsaturated/α-hetero) is 1. The lowest BCUT2D eigenvalue weighted by Crippen LogP contribution is -2.32. The Hall–Kier alpha value is -2.68. The normalized spacial score (nSPS) is 11.5. The molecule has 0 aliphatic carbocycles. The minimum atomic E-state index is -4.49. The van der Waals surface area contributed by atoms with Crippen molar-refractivity contribution in [1.82, 2.24) is 15.1 Å². The Morgan fingerprint density at radius 1 is 1.25 bits per heavy atom. The second-order valence-corrected chi connectivity index (χ2v) is 6.14. The molecule has 28 heavy (non-hydrogen) atoms. The number of rotatable bonds is 8. The second-order valence-electron chi connectivity index (χ2n) is 6.14. The Labute approximate surface area is 160 Å². The average molecular weight is 397 g/mol. The van der Waals surface area contributed by atoms with Crippen LogP contribution in [0, 0.1) is 13.8 Å². The number of carbonyl (C=O) groups excluding carboxylic acids is 2. The monoisotopic (exact) mass is 397 g/mol. The van der Waals surface area contributed by atoms with Gasteiger partial charge in [0, 0.05) is 19.8 Å².